The highest BCUT2D eigenvalue weighted by Crippen LogP contribution is 2.22. The van der Waals surface area contributed by atoms with Crippen molar-refractivity contribution < 1.29 is 8.78 Å². The average molecular weight is 268 g/mol. The van der Waals surface area contributed by atoms with Gasteiger partial charge >= 0.3 is 0 Å². The van der Waals surface area contributed by atoms with Crippen molar-refractivity contribution >= 4 is 0 Å². The van der Waals surface area contributed by atoms with Crippen LogP contribution < -0.4 is 0 Å². The number of nitrogens with zero attached hydrogens (tertiary/aromatic N) is 2. The summed E-state index contributed by atoms with van der Waals surface area (Å²) < 4.78 is 26.2. The number of rotatable bonds is 2. The van der Waals surface area contributed by atoms with E-state index in [2.05, 4.69) is 9.97 Å². The molecule has 0 aliphatic heterocycles. The van der Waals surface area contributed by atoms with Crippen molar-refractivity contribution in [1.29, 1.82) is 0 Å². The van der Waals surface area contributed by atoms with E-state index in [0.717, 1.165) is 17.7 Å². The first kappa shape index (κ1) is 12.4. The average Bonchev–Trinajstić information content (AvgIpc) is 2.51. The van der Waals surface area contributed by atoms with Gasteiger partial charge in [-0.2, -0.15) is 0 Å². The molecule has 98 valence electrons. The molecule has 20 heavy (non-hydrogen) atoms. The van der Waals surface area contributed by atoms with Gasteiger partial charge in [-0.15, -0.1) is 0 Å². The van der Waals surface area contributed by atoms with E-state index in [1.165, 1.54) is 6.07 Å². The molecule has 4 heteroatoms. The first-order valence-corrected chi connectivity index (χ1v) is 6.08. The molecule has 0 amide bonds. The third-order valence-electron chi connectivity index (χ3n) is 2.90. The highest BCUT2D eigenvalue weighted by molar-refractivity contribution is 5.63. The van der Waals surface area contributed by atoms with E-state index in [1.807, 2.05) is 30.3 Å². The lowest BCUT2D eigenvalue weighted by molar-refractivity contribution is 0.509. The molecule has 0 fully saturated rings. The molecule has 0 spiro atoms. The lowest BCUT2D eigenvalue weighted by Gasteiger charge is -2.04. The number of benzene rings is 2. The van der Waals surface area contributed by atoms with Gasteiger partial charge in [0, 0.05) is 17.3 Å². The van der Waals surface area contributed by atoms with Crippen LogP contribution in [0.1, 0.15) is 0 Å². The van der Waals surface area contributed by atoms with Crippen LogP contribution in [0.5, 0.6) is 0 Å². The topological polar surface area (TPSA) is 25.8 Å². The fourth-order valence-corrected chi connectivity index (χ4v) is 1.90. The first-order chi connectivity index (χ1) is 9.74. The van der Waals surface area contributed by atoms with Gasteiger partial charge in [-0.05, 0) is 24.3 Å². The number of hydrogen-bond donors (Lipinski definition) is 0. The molecule has 0 N–H and O–H groups in total. The van der Waals surface area contributed by atoms with Crippen molar-refractivity contribution in [3.05, 3.63) is 72.4 Å². The summed E-state index contributed by atoms with van der Waals surface area (Å²) in [4.78, 5) is 8.58. The SMILES string of the molecule is Fc1ccc(-c2ccnc(-c3ccccc3)n2)cc1F. The normalized spacial score (nSPS) is 10.5. The highest BCUT2D eigenvalue weighted by atomic mass is 19.2. The molecule has 0 radical (unpaired) electrons. The molecule has 1 heterocycles. The Hall–Kier alpha value is -2.62. The van der Waals surface area contributed by atoms with Crippen LogP contribution in [-0.4, -0.2) is 9.97 Å². The Labute approximate surface area is 114 Å². The second-order valence-corrected chi connectivity index (χ2v) is 4.26. The second-order valence-electron chi connectivity index (χ2n) is 4.26. The summed E-state index contributed by atoms with van der Waals surface area (Å²) in [6, 6.07) is 14.9. The first-order valence-electron chi connectivity index (χ1n) is 6.08. The maximum absolute atomic E-state index is 13.3. The maximum atomic E-state index is 13.3. The lowest BCUT2D eigenvalue weighted by Crippen LogP contribution is -1.92. The van der Waals surface area contributed by atoms with Gasteiger partial charge in [0.1, 0.15) is 0 Å². The van der Waals surface area contributed by atoms with Crippen LogP contribution >= 0.6 is 0 Å². The van der Waals surface area contributed by atoms with Gasteiger partial charge in [0.15, 0.2) is 17.5 Å². The Morgan fingerprint density at radius 1 is 0.750 bits per heavy atom. The molecule has 0 unspecified atom stereocenters. The van der Waals surface area contributed by atoms with Gasteiger partial charge in [-0.1, -0.05) is 30.3 Å². The Bertz CT molecular complexity index is 742. The Morgan fingerprint density at radius 2 is 1.55 bits per heavy atom. The van der Waals surface area contributed by atoms with E-state index >= 15 is 0 Å². The van der Waals surface area contributed by atoms with Crippen molar-refractivity contribution in [3.8, 4) is 22.6 Å². The minimum atomic E-state index is -0.887. The molecule has 0 aliphatic rings. The van der Waals surface area contributed by atoms with E-state index in [9.17, 15) is 8.78 Å². The molecule has 0 atom stereocenters. The summed E-state index contributed by atoms with van der Waals surface area (Å²) in [6.07, 6.45) is 1.60. The van der Waals surface area contributed by atoms with Gasteiger partial charge in [0.25, 0.3) is 0 Å². The minimum absolute atomic E-state index is 0.517. The Balaban J connectivity index is 2.05. The number of halogens is 2. The van der Waals surface area contributed by atoms with Crippen molar-refractivity contribution in [1.82, 2.24) is 9.97 Å². The quantitative estimate of drug-likeness (QED) is 0.699. The predicted molar refractivity (Wildman–Crippen MR) is 72.8 cm³/mol. The molecule has 3 rings (SSSR count). The van der Waals surface area contributed by atoms with Crippen molar-refractivity contribution in [2.24, 2.45) is 0 Å². The minimum Gasteiger partial charge on any atom is -0.237 e. The summed E-state index contributed by atoms with van der Waals surface area (Å²) >= 11 is 0. The van der Waals surface area contributed by atoms with Crippen molar-refractivity contribution in [2.75, 3.05) is 0 Å². The molecule has 3 aromatic rings. The molecular weight excluding hydrogens is 258 g/mol. The van der Waals surface area contributed by atoms with Crippen LogP contribution in [0.15, 0.2) is 60.8 Å². The third-order valence-corrected chi connectivity index (χ3v) is 2.90. The molecule has 2 nitrogen and oxygen atoms in total. The Morgan fingerprint density at radius 3 is 2.30 bits per heavy atom. The van der Waals surface area contributed by atoms with E-state index in [0.29, 0.717) is 17.1 Å². The molecule has 1 aromatic heterocycles. The second kappa shape index (κ2) is 5.17. The zero-order valence-corrected chi connectivity index (χ0v) is 10.4. The zero-order chi connectivity index (χ0) is 13.9. The summed E-state index contributed by atoms with van der Waals surface area (Å²) in [7, 11) is 0. The molecule has 0 saturated carbocycles. The third kappa shape index (κ3) is 2.40. The van der Waals surface area contributed by atoms with Crippen LogP contribution in [0.25, 0.3) is 22.6 Å². The van der Waals surface area contributed by atoms with Crippen molar-refractivity contribution in [2.45, 2.75) is 0 Å². The fraction of sp³-hybridized carbons (Fsp3) is 0. The molecule has 0 aliphatic carbocycles. The standard InChI is InChI=1S/C16H10F2N2/c17-13-7-6-12(10-14(13)18)15-8-9-19-16(20-15)11-4-2-1-3-5-11/h1-10H. The summed E-state index contributed by atoms with van der Waals surface area (Å²) in [5.74, 6) is -1.21. The maximum Gasteiger partial charge on any atom is 0.159 e. The summed E-state index contributed by atoms with van der Waals surface area (Å²) in [5, 5.41) is 0. The van der Waals surface area contributed by atoms with E-state index < -0.39 is 11.6 Å². The number of aromatic nitrogens is 2. The van der Waals surface area contributed by atoms with Crippen LogP contribution in [-0.2, 0) is 0 Å². The van der Waals surface area contributed by atoms with E-state index in [-0.39, 0.29) is 0 Å². The zero-order valence-electron chi connectivity index (χ0n) is 10.4. The van der Waals surface area contributed by atoms with E-state index in [1.54, 1.807) is 12.3 Å². The Kier molecular flexibility index (Phi) is 3.21. The molecule has 0 saturated heterocycles. The van der Waals surface area contributed by atoms with Crippen LogP contribution in [0.4, 0.5) is 8.78 Å². The van der Waals surface area contributed by atoms with Gasteiger partial charge in [0.2, 0.25) is 0 Å². The number of hydrogen-bond acceptors (Lipinski definition) is 2. The lowest BCUT2D eigenvalue weighted by atomic mass is 10.1. The summed E-state index contributed by atoms with van der Waals surface area (Å²) in [6.45, 7) is 0. The van der Waals surface area contributed by atoms with Crippen LogP contribution in [0, 0.1) is 11.6 Å². The molecule has 2 aromatic carbocycles. The van der Waals surface area contributed by atoms with Gasteiger partial charge in [-0.25, -0.2) is 18.7 Å². The predicted octanol–water partition coefficient (Wildman–Crippen LogP) is 4.09. The fourth-order valence-electron chi connectivity index (χ4n) is 1.90. The van der Waals surface area contributed by atoms with E-state index in [4.69, 9.17) is 0 Å². The van der Waals surface area contributed by atoms with Gasteiger partial charge < -0.3 is 0 Å². The van der Waals surface area contributed by atoms with Crippen LogP contribution in [0.3, 0.4) is 0 Å². The van der Waals surface area contributed by atoms with Gasteiger partial charge in [0.05, 0.1) is 5.69 Å². The molecule has 0 bridgehead atoms. The monoisotopic (exact) mass is 268 g/mol. The molecular formula is C16H10F2N2. The smallest absolute Gasteiger partial charge is 0.159 e. The largest absolute Gasteiger partial charge is 0.237 e. The highest BCUT2D eigenvalue weighted by Gasteiger charge is 2.07. The van der Waals surface area contributed by atoms with Crippen LogP contribution in [0.2, 0.25) is 0 Å². The van der Waals surface area contributed by atoms with Crippen molar-refractivity contribution in [3.63, 3.8) is 0 Å². The van der Waals surface area contributed by atoms with Gasteiger partial charge in [-0.3, -0.25) is 0 Å². The summed E-state index contributed by atoms with van der Waals surface area (Å²) in [5.41, 5.74) is 1.94.